The van der Waals surface area contributed by atoms with Gasteiger partial charge in [0.2, 0.25) is 10.0 Å². The Hall–Kier alpha value is -2.33. The van der Waals surface area contributed by atoms with Crippen molar-refractivity contribution in [1.82, 2.24) is 23.4 Å². The summed E-state index contributed by atoms with van der Waals surface area (Å²) in [6, 6.07) is 12.7. The average molecular weight is 476 g/mol. The standard InChI is InChI=1S/C21H22ClN5O2S2/c1-4-26-19-9-8-17(31(28,29)25(2)3)13-18(19)24-20(26)14-30-21-23-10-11-27(21)16-7-5-6-15(22)12-16/h5-13H,4,14H2,1-3H3. The fraction of sp³-hybridized carbons (Fsp3) is 0.238. The second-order valence-corrected chi connectivity index (χ2v) is 10.6. The number of sulfonamides is 1. The lowest BCUT2D eigenvalue weighted by Gasteiger charge is -2.11. The Morgan fingerprint density at radius 1 is 1.16 bits per heavy atom. The molecule has 2 heterocycles. The number of nitrogens with zero attached hydrogens (tertiary/aromatic N) is 5. The van der Waals surface area contributed by atoms with Crippen molar-refractivity contribution >= 4 is 44.4 Å². The summed E-state index contributed by atoms with van der Waals surface area (Å²) in [7, 11) is -0.467. The first-order chi connectivity index (χ1) is 14.8. The van der Waals surface area contributed by atoms with E-state index >= 15 is 0 Å². The van der Waals surface area contributed by atoms with E-state index < -0.39 is 10.0 Å². The predicted octanol–water partition coefficient (Wildman–Crippen LogP) is 4.44. The molecule has 0 saturated heterocycles. The minimum atomic E-state index is -3.51. The van der Waals surface area contributed by atoms with Crippen LogP contribution in [-0.4, -0.2) is 45.9 Å². The van der Waals surface area contributed by atoms with E-state index in [-0.39, 0.29) is 4.90 Å². The summed E-state index contributed by atoms with van der Waals surface area (Å²) in [6.07, 6.45) is 3.65. The molecule has 0 atom stereocenters. The van der Waals surface area contributed by atoms with Gasteiger partial charge in [0.1, 0.15) is 5.82 Å². The van der Waals surface area contributed by atoms with Crippen molar-refractivity contribution in [3.8, 4) is 5.69 Å². The third-order valence-corrected chi connectivity index (χ3v) is 7.93. The highest BCUT2D eigenvalue weighted by molar-refractivity contribution is 7.98. The summed E-state index contributed by atoms with van der Waals surface area (Å²) in [5.41, 5.74) is 2.52. The summed E-state index contributed by atoms with van der Waals surface area (Å²) >= 11 is 7.70. The van der Waals surface area contributed by atoms with Crippen LogP contribution >= 0.6 is 23.4 Å². The smallest absolute Gasteiger partial charge is 0.242 e. The molecule has 0 amide bonds. The van der Waals surface area contributed by atoms with Gasteiger partial charge in [0.05, 0.1) is 21.7 Å². The summed E-state index contributed by atoms with van der Waals surface area (Å²) in [4.78, 5) is 9.44. The molecule has 0 radical (unpaired) electrons. The van der Waals surface area contributed by atoms with E-state index in [4.69, 9.17) is 16.6 Å². The number of benzene rings is 2. The first-order valence-corrected chi connectivity index (χ1v) is 12.5. The molecule has 0 spiro atoms. The average Bonchev–Trinajstić information content (AvgIpc) is 3.35. The van der Waals surface area contributed by atoms with Gasteiger partial charge < -0.3 is 4.57 Å². The highest BCUT2D eigenvalue weighted by Crippen LogP contribution is 2.28. The maximum absolute atomic E-state index is 12.5. The Morgan fingerprint density at radius 3 is 2.68 bits per heavy atom. The minimum absolute atomic E-state index is 0.237. The van der Waals surface area contributed by atoms with Crippen LogP contribution in [0.1, 0.15) is 12.7 Å². The fourth-order valence-corrected chi connectivity index (χ4v) is 5.37. The maximum Gasteiger partial charge on any atom is 0.242 e. The maximum atomic E-state index is 12.5. The zero-order valence-electron chi connectivity index (χ0n) is 17.4. The molecule has 0 saturated carbocycles. The van der Waals surface area contributed by atoms with Crippen LogP contribution in [0.25, 0.3) is 16.7 Å². The molecule has 162 valence electrons. The number of aromatic nitrogens is 4. The molecule has 31 heavy (non-hydrogen) atoms. The van der Waals surface area contributed by atoms with Crippen molar-refractivity contribution < 1.29 is 8.42 Å². The van der Waals surface area contributed by atoms with E-state index in [0.29, 0.717) is 16.3 Å². The lowest BCUT2D eigenvalue weighted by Crippen LogP contribution is -2.22. The van der Waals surface area contributed by atoms with Gasteiger partial charge >= 0.3 is 0 Å². The van der Waals surface area contributed by atoms with E-state index in [2.05, 4.69) is 9.55 Å². The normalized spacial score (nSPS) is 12.2. The second kappa shape index (κ2) is 8.66. The van der Waals surface area contributed by atoms with Gasteiger partial charge in [-0.25, -0.2) is 22.7 Å². The molecule has 2 aromatic carbocycles. The van der Waals surface area contributed by atoms with Crippen molar-refractivity contribution in [3.63, 3.8) is 0 Å². The minimum Gasteiger partial charge on any atom is -0.328 e. The van der Waals surface area contributed by atoms with E-state index in [1.807, 2.05) is 48.0 Å². The summed E-state index contributed by atoms with van der Waals surface area (Å²) in [6.45, 7) is 2.78. The molecule has 4 rings (SSSR count). The van der Waals surface area contributed by atoms with Crippen molar-refractivity contribution in [2.75, 3.05) is 14.1 Å². The number of halogens is 1. The van der Waals surface area contributed by atoms with E-state index in [1.165, 1.54) is 18.4 Å². The van der Waals surface area contributed by atoms with Gasteiger partial charge in [-0.15, -0.1) is 0 Å². The molecular weight excluding hydrogens is 454 g/mol. The lowest BCUT2D eigenvalue weighted by molar-refractivity contribution is 0.521. The van der Waals surface area contributed by atoms with Gasteiger partial charge in [0.15, 0.2) is 5.16 Å². The number of hydrogen-bond acceptors (Lipinski definition) is 5. The Kier molecular flexibility index (Phi) is 6.11. The molecule has 0 N–H and O–H groups in total. The van der Waals surface area contributed by atoms with E-state index in [9.17, 15) is 8.42 Å². The number of fused-ring (bicyclic) bond motifs is 1. The first-order valence-electron chi connectivity index (χ1n) is 9.65. The van der Waals surface area contributed by atoms with Crippen molar-refractivity contribution in [2.45, 2.75) is 29.3 Å². The number of hydrogen-bond donors (Lipinski definition) is 0. The summed E-state index contributed by atoms with van der Waals surface area (Å²) in [5.74, 6) is 1.46. The lowest BCUT2D eigenvalue weighted by atomic mass is 10.3. The molecule has 0 aliphatic carbocycles. The third kappa shape index (κ3) is 4.23. The highest BCUT2D eigenvalue weighted by atomic mass is 35.5. The fourth-order valence-electron chi connectivity index (χ4n) is 3.34. The molecule has 0 aliphatic heterocycles. The van der Waals surface area contributed by atoms with Crippen LogP contribution in [0.2, 0.25) is 5.02 Å². The SMILES string of the molecule is CCn1c(CSc2nccn2-c2cccc(Cl)c2)nc2cc(S(=O)(=O)N(C)C)ccc21. The second-order valence-electron chi connectivity index (χ2n) is 7.06. The van der Waals surface area contributed by atoms with Gasteiger partial charge in [-0.1, -0.05) is 29.4 Å². The monoisotopic (exact) mass is 475 g/mol. The van der Waals surface area contributed by atoms with E-state index in [1.54, 1.807) is 30.1 Å². The highest BCUT2D eigenvalue weighted by Gasteiger charge is 2.20. The molecule has 10 heteroatoms. The Morgan fingerprint density at radius 2 is 1.97 bits per heavy atom. The molecule has 2 aromatic heterocycles. The Labute approximate surface area is 190 Å². The number of aryl methyl sites for hydroxylation is 1. The van der Waals surface area contributed by atoms with Crippen molar-refractivity contribution in [2.24, 2.45) is 0 Å². The van der Waals surface area contributed by atoms with E-state index in [0.717, 1.165) is 28.7 Å². The predicted molar refractivity (Wildman–Crippen MR) is 124 cm³/mol. The number of imidazole rings is 2. The van der Waals surface area contributed by atoms with Crippen LogP contribution < -0.4 is 0 Å². The van der Waals surface area contributed by atoms with Gasteiger partial charge in [0.25, 0.3) is 0 Å². The molecule has 0 unspecified atom stereocenters. The zero-order chi connectivity index (χ0) is 22.2. The summed E-state index contributed by atoms with van der Waals surface area (Å²) in [5, 5.41) is 1.49. The van der Waals surface area contributed by atoms with Crippen LogP contribution in [0.3, 0.4) is 0 Å². The van der Waals surface area contributed by atoms with Crippen LogP contribution in [0.4, 0.5) is 0 Å². The third-order valence-electron chi connectivity index (χ3n) is 4.92. The quantitative estimate of drug-likeness (QED) is 0.369. The number of rotatable bonds is 7. The number of thioether (sulfide) groups is 1. The molecule has 0 fully saturated rings. The molecular formula is C21H22ClN5O2S2. The Balaban J connectivity index is 1.65. The molecule has 7 nitrogen and oxygen atoms in total. The van der Waals surface area contributed by atoms with Gasteiger partial charge in [-0.3, -0.25) is 4.57 Å². The van der Waals surface area contributed by atoms with Crippen LogP contribution in [-0.2, 0) is 22.3 Å². The summed E-state index contributed by atoms with van der Waals surface area (Å²) < 4.78 is 30.2. The largest absolute Gasteiger partial charge is 0.328 e. The molecule has 0 bridgehead atoms. The van der Waals surface area contributed by atoms with Crippen LogP contribution in [0, 0.1) is 0 Å². The molecule has 0 aliphatic rings. The van der Waals surface area contributed by atoms with Gasteiger partial charge in [-0.05, 0) is 43.3 Å². The first kappa shape index (κ1) is 21.9. The molecule has 4 aromatic rings. The van der Waals surface area contributed by atoms with Gasteiger partial charge in [-0.2, -0.15) is 0 Å². The zero-order valence-corrected chi connectivity index (χ0v) is 19.7. The van der Waals surface area contributed by atoms with Crippen molar-refractivity contribution in [1.29, 1.82) is 0 Å². The van der Waals surface area contributed by atoms with Crippen LogP contribution in [0.5, 0.6) is 0 Å². The van der Waals surface area contributed by atoms with Gasteiger partial charge in [0, 0.05) is 43.7 Å². The topological polar surface area (TPSA) is 73.0 Å². The van der Waals surface area contributed by atoms with Crippen LogP contribution in [0.15, 0.2) is 64.9 Å². The van der Waals surface area contributed by atoms with Crippen molar-refractivity contribution in [3.05, 3.63) is 65.7 Å². The Bertz CT molecular complexity index is 1350.